The van der Waals surface area contributed by atoms with E-state index in [0.29, 0.717) is 30.3 Å². The van der Waals surface area contributed by atoms with Gasteiger partial charge in [-0.2, -0.15) is 0 Å². The van der Waals surface area contributed by atoms with E-state index in [-0.39, 0.29) is 22.3 Å². The Morgan fingerprint density at radius 2 is 1.67 bits per heavy atom. The van der Waals surface area contributed by atoms with E-state index in [0.717, 1.165) is 12.8 Å². The van der Waals surface area contributed by atoms with Crippen molar-refractivity contribution in [2.24, 2.45) is 5.92 Å². The molecule has 0 saturated carbocycles. The number of amides is 2. The van der Waals surface area contributed by atoms with E-state index in [1.165, 1.54) is 24.3 Å². The molecule has 0 aliphatic carbocycles. The first-order valence-corrected chi connectivity index (χ1v) is 10.0. The molecule has 0 unspecified atom stereocenters. The fourth-order valence-corrected chi connectivity index (χ4v) is 3.51. The third-order valence-corrected chi connectivity index (χ3v) is 5.25. The third kappa shape index (κ3) is 4.98. The first-order chi connectivity index (χ1) is 14.4. The number of piperidine rings is 1. The molecular weight excluding hydrogens is 404 g/mol. The normalized spacial score (nSPS) is 14.1. The summed E-state index contributed by atoms with van der Waals surface area (Å²) in [6.45, 7) is 3.58. The summed E-state index contributed by atoms with van der Waals surface area (Å²) in [5, 5.41) is 16.4. The van der Waals surface area contributed by atoms with Crippen molar-refractivity contribution >= 4 is 40.5 Å². The summed E-state index contributed by atoms with van der Waals surface area (Å²) >= 11 is 5.20. The Hall–Kier alpha value is -3.33. The number of benzene rings is 2. The van der Waals surface area contributed by atoms with Gasteiger partial charge in [-0.05, 0) is 49.2 Å². The summed E-state index contributed by atoms with van der Waals surface area (Å²) < 4.78 is 0. The van der Waals surface area contributed by atoms with Gasteiger partial charge in [0.15, 0.2) is 5.11 Å². The minimum atomic E-state index is -0.700. The van der Waals surface area contributed by atoms with E-state index in [1.807, 2.05) is 4.90 Å². The zero-order chi connectivity index (χ0) is 21.7. The summed E-state index contributed by atoms with van der Waals surface area (Å²) in [5.41, 5.74) is 0.509. The molecule has 30 heavy (non-hydrogen) atoms. The van der Waals surface area contributed by atoms with Crippen LogP contribution in [-0.2, 0) is 0 Å². The van der Waals surface area contributed by atoms with Crippen LogP contribution >= 0.6 is 12.2 Å². The second-order valence-electron chi connectivity index (χ2n) is 7.20. The lowest BCUT2D eigenvalue weighted by Gasteiger charge is -2.30. The molecule has 1 heterocycles. The molecule has 0 aromatic heterocycles. The molecule has 156 valence electrons. The average molecular weight is 426 g/mol. The Morgan fingerprint density at radius 1 is 1.07 bits per heavy atom. The van der Waals surface area contributed by atoms with E-state index in [9.17, 15) is 19.7 Å². The van der Waals surface area contributed by atoms with Crippen molar-refractivity contribution in [1.82, 2.24) is 10.2 Å². The largest absolute Gasteiger partial charge is 0.339 e. The van der Waals surface area contributed by atoms with E-state index in [2.05, 4.69) is 17.6 Å². The quantitative estimate of drug-likeness (QED) is 0.440. The van der Waals surface area contributed by atoms with E-state index in [4.69, 9.17) is 12.2 Å². The summed E-state index contributed by atoms with van der Waals surface area (Å²) in [6, 6.07) is 12.5. The molecule has 3 rings (SSSR count). The Morgan fingerprint density at radius 3 is 2.33 bits per heavy atom. The lowest BCUT2D eigenvalue weighted by atomic mass is 9.98. The molecule has 8 nitrogen and oxygen atoms in total. The summed E-state index contributed by atoms with van der Waals surface area (Å²) in [5.74, 6) is -0.196. The van der Waals surface area contributed by atoms with Crippen molar-refractivity contribution in [3.05, 3.63) is 69.8 Å². The lowest BCUT2D eigenvalue weighted by Crippen LogP contribution is -2.39. The van der Waals surface area contributed by atoms with E-state index >= 15 is 0 Å². The molecule has 0 bridgehead atoms. The second kappa shape index (κ2) is 9.45. The summed E-state index contributed by atoms with van der Waals surface area (Å²) in [7, 11) is 0. The number of thiocarbonyl (C=S) groups is 1. The van der Waals surface area contributed by atoms with Crippen molar-refractivity contribution in [2.45, 2.75) is 19.8 Å². The van der Waals surface area contributed by atoms with Crippen molar-refractivity contribution < 1.29 is 14.5 Å². The minimum Gasteiger partial charge on any atom is -0.339 e. The van der Waals surface area contributed by atoms with Gasteiger partial charge in [-0.3, -0.25) is 25.0 Å². The maximum absolute atomic E-state index is 13.0. The number of likely N-dealkylation sites (tertiary alicyclic amines) is 1. The van der Waals surface area contributed by atoms with Gasteiger partial charge in [0.05, 0.1) is 16.2 Å². The fraction of sp³-hybridized carbons (Fsp3) is 0.286. The average Bonchev–Trinajstić information content (AvgIpc) is 2.74. The zero-order valence-electron chi connectivity index (χ0n) is 16.5. The molecule has 1 aliphatic heterocycles. The van der Waals surface area contributed by atoms with Crippen LogP contribution in [0.15, 0.2) is 48.5 Å². The van der Waals surface area contributed by atoms with Gasteiger partial charge in [-0.1, -0.05) is 31.2 Å². The van der Waals surface area contributed by atoms with Gasteiger partial charge in [-0.15, -0.1) is 0 Å². The highest BCUT2D eigenvalue weighted by Gasteiger charge is 2.24. The molecule has 2 amide bonds. The van der Waals surface area contributed by atoms with Crippen molar-refractivity contribution in [3.63, 3.8) is 0 Å². The van der Waals surface area contributed by atoms with E-state index < -0.39 is 10.8 Å². The Kier molecular flexibility index (Phi) is 6.73. The number of hydrogen-bond acceptors (Lipinski definition) is 5. The third-order valence-electron chi connectivity index (χ3n) is 5.05. The maximum atomic E-state index is 13.0. The van der Waals surface area contributed by atoms with Crippen molar-refractivity contribution in [2.75, 3.05) is 18.4 Å². The van der Waals surface area contributed by atoms with Crippen LogP contribution < -0.4 is 10.6 Å². The number of carbonyl (C=O) groups is 2. The number of para-hydroxylation sites is 2. The number of anilines is 1. The van der Waals surface area contributed by atoms with Crippen LogP contribution in [0, 0.1) is 16.0 Å². The second-order valence-corrected chi connectivity index (χ2v) is 7.61. The fourth-order valence-electron chi connectivity index (χ4n) is 3.31. The molecule has 0 spiro atoms. The molecule has 9 heteroatoms. The monoisotopic (exact) mass is 426 g/mol. The Bertz CT molecular complexity index is 986. The van der Waals surface area contributed by atoms with Crippen molar-refractivity contribution in [3.8, 4) is 0 Å². The van der Waals surface area contributed by atoms with Crippen LogP contribution in [0.1, 0.15) is 40.5 Å². The molecule has 2 N–H and O–H groups in total. The Labute approximate surface area is 179 Å². The van der Waals surface area contributed by atoms with Gasteiger partial charge in [0.2, 0.25) is 0 Å². The van der Waals surface area contributed by atoms with Gasteiger partial charge in [-0.25, -0.2) is 0 Å². The predicted molar refractivity (Wildman–Crippen MR) is 118 cm³/mol. The predicted octanol–water partition coefficient (Wildman–Crippen LogP) is 3.59. The molecular formula is C21H22N4O4S. The lowest BCUT2D eigenvalue weighted by molar-refractivity contribution is -0.385. The topological polar surface area (TPSA) is 105 Å². The number of rotatable bonds is 4. The zero-order valence-corrected chi connectivity index (χ0v) is 17.3. The number of nitro groups is 1. The molecule has 0 atom stereocenters. The highest BCUT2D eigenvalue weighted by atomic mass is 32.1. The van der Waals surface area contributed by atoms with Crippen LogP contribution in [0.25, 0.3) is 0 Å². The van der Waals surface area contributed by atoms with Gasteiger partial charge in [0.1, 0.15) is 5.56 Å². The minimum absolute atomic E-state index is 0.0503. The number of nitrogens with one attached hydrogen (secondary N) is 2. The van der Waals surface area contributed by atoms with Crippen LogP contribution in [0.2, 0.25) is 0 Å². The van der Waals surface area contributed by atoms with Crippen LogP contribution in [0.5, 0.6) is 0 Å². The number of nitrogens with zero attached hydrogens (tertiary/aromatic N) is 2. The SMILES string of the molecule is CC1CCN(C(=O)c2ccccc2NC(=S)NC(=O)c2ccccc2[N+](=O)[O-])CC1. The molecule has 1 fully saturated rings. The van der Waals surface area contributed by atoms with Crippen LogP contribution in [0.4, 0.5) is 11.4 Å². The van der Waals surface area contributed by atoms with E-state index in [1.54, 1.807) is 24.3 Å². The van der Waals surface area contributed by atoms with Gasteiger partial charge < -0.3 is 10.2 Å². The Balaban J connectivity index is 1.71. The number of nitro benzene ring substituents is 1. The number of carbonyl (C=O) groups excluding carboxylic acids is 2. The highest BCUT2D eigenvalue weighted by Crippen LogP contribution is 2.22. The molecule has 2 aromatic carbocycles. The van der Waals surface area contributed by atoms with Crippen LogP contribution in [0.3, 0.4) is 0 Å². The maximum Gasteiger partial charge on any atom is 0.282 e. The molecule has 2 aromatic rings. The van der Waals surface area contributed by atoms with Gasteiger partial charge in [0.25, 0.3) is 17.5 Å². The van der Waals surface area contributed by atoms with Gasteiger partial charge >= 0.3 is 0 Å². The van der Waals surface area contributed by atoms with Gasteiger partial charge in [0, 0.05) is 19.2 Å². The smallest absolute Gasteiger partial charge is 0.282 e. The summed E-state index contributed by atoms with van der Waals surface area (Å²) in [6.07, 6.45) is 1.93. The van der Waals surface area contributed by atoms with Crippen molar-refractivity contribution in [1.29, 1.82) is 0 Å². The molecule has 1 aliphatic rings. The first-order valence-electron chi connectivity index (χ1n) is 9.61. The standard InChI is InChI=1S/C21H22N4O4S/c1-14-10-12-24(13-11-14)20(27)15-6-2-4-8-17(15)22-21(30)23-19(26)16-7-3-5-9-18(16)25(28)29/h2-9,14H,10-13H2,1H3,(H2,22,23,26,30). The molecule has 0 radical (unpaired) electrons. The van der Waals surface area contributed by atoms with Crippen LogP contribution in [-0.4, -0.2) is 39.8 Å². The molecule has 1 saturated heterocycles. The highest BCUT2D eigenvalue weighted by molar-refractivity contribution is 7.80. The summed E-state index contributed by atoms with van der Waals surface area (Å²) in [4.78, 5) is 37.7. The number of hydrogen-bond donors (Lipinski definition) is 2. The first kappa shape index (κ1) is 21.4.